The van der Waals surface area contributed by atoms with Gasteiger partial charge in [0.1, 0.15) is 24.0 Å². The first-order chi connectivity index (χ1) is 14.0. The number of rotatable bonds is 8. The molecule has 0 saturated carbocycles. The lowest BCUT2D eigenvalue weighted by molar-refractivity contribution is -0.385. The van der Waals surface area contributed by atoms with Gasteiger partial charge in [0, 0.05) is 22.5 Å². The molecule has 0 N–H and O–H groups in total. The molecule has 2 aromatic carbocycles. The Morgan fingerprint density at radius 1 is 1.17 bits per heavy atom. The minimum atomic E-state index is -0.616. The summed E-state index contributed by atoms with van der Waals surface area (Å²) >= 11 is 7.22. The summed E-state index contributed by atoms with van der Waals surface area (Å²) in [7, 11) is 0. The van der Waals surface area contributed by atoms with E-state index in [1.54, 1.807) is 47.8 Å². The third kappa shape index (κ3) is 6.13. The predicted octanol–water partition coefficient (Wildman–Crippen LogP) is 5.04. The van der Waals surface area contributed by atoms with Crippen LogP contribution in [-0.4, -0.2) is 15.9 Å². The van der Waals surface area contributed by atoms with E-state index in [0.717, 1.165) is 11.1 Å². The molecule has 0 amide bonds. The zero-order valence-corrected chi connectivity index (χ0v) is 16.6. The summed E-state index contributed by atoms with van der Waals surface area (Å²) in [6.45, 7) is 0.287. The Kier molecular flexibility index (Phi) is 6.94. The summed E-state index contributed by atoms with van der Waals surface area (Å²) in [5.41, 5.74) is 0.836. The Hall–Kier alpha value is -3.23. The Bertz CT molecular complexity index is 1030. The van der Waals surface area contributed by atoms with Gasteiger partial charge in [-0.1, -0.05) is 23.7 Å². The molecule has 7 nitrogen and oxygen atoms in total. The number of carbonyl (C=O) groups is 1. The van der Waals surface area contributed by atoms with E-state index in [2.05, 4.69) is 4.98 Å². The van der Waals surface area contributed by atoms with Gasteiger partial charge in [0.25, 0.3) is 5.69 Å². The molecule has 3 aromatic rings. The number of thiazole rings is 1. The molecule has 0 bridgehead atoms. The van der Waals surface area contributed by atoms with E-state index in [-0.39, 0.29) is 18.9 Å². The van der Waals surface area contributed by atoms with Gasteiger partial charge in [-0.25, -0.2) is 9.78 Å². The molecule has 1 heterocycles. The summed E-state index contributed by atoms with van der Waals surface area (Å²) in [5, 5.41) is 14.1. The second-order valence-corrected chi connectivity index (χ2v) is 7.11. The van der Waals surface area contributed by atoms with Gasteiger partial charge in [-0.15, -0.1) is 11.3 Å². The summed E-state index contributed by atoms with van der Waals surface area (Å²) in [6.07, 6.45) is 2.51. The van der Waals surface area contributed by atoms with Crippen LogP contribution in [0.15, 0.2) is 60.0 Å². The van der Waals surface area contributed by atoms with Gasteiger partial charge >= 0.3 is 5.97 Å². The van der Waals surface area contributed by atoms with Crippen molar-refractivity contribution in [3.63, 3.8) is 0 Å². The van der Waals surface area contributed by atoms with Gasteiger partial charge < -0.3 is 9.47 Å². The fourth-order valence-electron chi connectivity index (χ4n) is 2.30. The molecular weight excluding hydrogens is 416 g/mol. The molecule has 0 saturated heterocycles. The van der Waals surface area contributed by atoms with Crippen molar-refractivity contribution in [1.82, 2.24) is 4.98 Å². The van der Waals surface area contributed by atoms with Crippen LogP contribution < -0.4 is 4.74 Å². The highest BCUT2D eigenvalue weighted by molar-refractivity contribution is 7.09. The number of carbonyl (C=O) groups excluding carboxylic acids is 1. The molecule has 0 atom stereocenters. The van der Waals surface area contributed by atoms with Crippen LogP contribution in [0.3, 0.4) is 0 Å². The molecule has 3 rings (SSSR count). The van der Waals surface area contributed by atoms with E-state index in [1.165, 1.54) is 23.5 Å². The monoisotopic (exact) mass is 430 g/mol. The molecule has 0 radical (unpaired) electrons. The van der Waals surface area contributed by atoms with Crippen LogP contribution in [-0.2, 0) is 22.7 Å². The zero-order chi connectivity index (χ0) is 20.6. The molecule has 0 aliphatic carbocycles. The number of para-hydroxylation sites is 1. The van der Waals surface area contributed by atoms with Crippen molar-refractivity contribution in [2.45, 2.75) is 13.2 Å². The van der Waals surface area contributed by atoms with Crippen molar-refractivity contribution in [2.75, 3.05) is 0 Å². The normalized spacial score (nSPS) is 10.8. The van der Waals surface area contributed by atoms with Crippen LogP contribution in [0.2, 0.25) is 5.02 Å². The highest BCUT2D eigenvalue weighted by Gasteiger charge is 2.10. The lowest BCUT2D eigenvalue weighted by Crippen LogP contribution is -2.02. The van der Waals surface area contributed by atoms with Crippen LogP contribution in [0.1, 0.15) is 16.3 Å². The Balaban J connectivity index is 1.49. The number of halogens is 1. The van der Waals surface area contributed by atoms with Gasteiger partial charge in [0.2, 0.25) is 0 Å². The van der Waals surface area contributed by atoms with E-state index < -0.39 is 10.9 Å². The Morgan fingerprint density at radius 3 is 2.69 bits per heavy atom. The average molecular weight is 431 g/mol. The molecule has 0 fully saturated rings. The van der Waals surface area contributed by atoms with E-state index >= 15 is 0 Å². The molecule has 0 aliphatic rings. The maximum absolute atomic E-state index is 11.9. The van der Waals surface area contributed by atoms with E-state index in [9.17, 15) is 14.9 Å². The van der Waals surface area contributed by atoms with Gasteiger partial charge in [-0.2, -0.15) is 0 Å². The molecule has 1 aromatic heterocycles. The molecule has 0 unspecified atom stereocenters. The van der Waals surface area contributed by atoms with Gasteiger partial charge in [-0.05, 0) is 36.4 Å². The maximum Gasteiger partial charge on any atom is 0.331 e. The first-order valence-electron chi connectivity index (χ1n) is 8.41. The summed E-state index contributed by atoms with van der Waals surface area (Å²) in [6, 6.07) is 13.1. The van der Waals surface area contributed by atoms with Crippen LogP contribution in [0.4, 0.5) is 5.69 Å². The second kappa shape index (κ2) is 9.81. The first-order valence-corrected chi connectivity index (χ1v) is 9.67. The number of aromatic nitrogens is 1. The highest BCUT2D eigenvalue weighted by Crippen LogP contribution is 2.20. The predicted molar refractivity (Wildman–Crippen MR) is 110 cm³/mol. The maximum atomic E-state index is 11.9. The number of benzene rings is 2. The van der Waals surface area contributed by atoms with E-state index in [0.29, 0.717) is 22.0 Å². The fraction of sp³-hybridized carbons (Fsp3) is 0.100. The van der Waals surface area contributed by atoms with Crippen LogP contribution in [0, 0.1) is 10.1 Å². The van der Waals surface area contributed by atoms with E-state index in [4.69, 9.17) is 21.1 Å². The first kappa shape index (κ1) is 20.5. The number of hydrogen-bond donors (Lipinski definition) is 0. The number of nitro groups is 1. The second-order valence-electron chi connectivity index (χ2n) is 5.73. The minimum Gasteiger partial charge on any atom is -0.486 e. The SMILES string of the molecule is O=C(/C=C/c1ccccc1[N+](=O)[O-])OCc1csc(COc2ccc(Cl)cc2)n1. The molecular formula is C20H15ClN2O5S. The third-order valence-electron chi connectivity index (χ3n) is 3.67. The number of nitro benzene ring substituents is 1. The third-order valence-corrected chi connectivity index (χ3v) is 4.79. The Morgan fingerprint density at radius 2 is 1.93 bits per heavy atom. The summed E-state index contributed by atoms with van der Waals surface area (Å²) in [4.78, 5) is 26.7. The molecule has 0 aliphatic heterocycles. The minimum absolute atomic E-state index is 0.00248. The fourth-order valence-corrected chi connectivity index (χ4v) is 3.12. The topological polar surface area (TPSA) is 91.6 Å². The van der Waals surface area contributed by atoms with Gasteiger partial charge in [0.15, 0.2) is 0 Å². The lowest BCUT2D eigenvalue weighted by atomic mass is 10.1. The zero-order valence-electron chi connectivity index (χ0n) is 15.0. The largest absolute Gasteiger partial charge is 0.486 e. The molecule has 148 valence electrons. The molecule has 0 spiro atoms. The molecule has 29 heavy (non-hydrogen) atoms. The molecule has 9 heteroatoms. The van der Waals surface area contributed by atoms with E-state index in [1.807, 2.05) is 0 Å². The van der Waals surface area contributed by atoms with Gasteiger partial charge in [0.05, 0.1) is 16.2 Å². The van der Waals surface area contributed by atoms with Crippen LogP contribution >= 0.6 is 22.9 Å². The average Bonchev–Trinajstić information content (AvgIpc) is 3.18. The van der Waals surface area contributed by atoms with Crippen LogP contribution in [0.5, 0.6) is 5.75 Å². The Labute approximate surface area is 175 Å². The quantitative estimate of drug-likeness (QED) is 0.215. The van der Waals surface area contributed by atoms with Crippen molar-refractivity contribution in [3.8, 4) is 5.75 Å². The van der Waals surface area contributed by atoms with Crippen molar-refractivity contribution in [1.29, 1.82) is 0 Å². The number of nitrogens with zero attached hydrogens (tertiary/aromatic N) is 2. The number of hydrogen-bond acceptors (Lipinski definition) is 7. The van der Waals surface area contributed by atoms with Crippen molar-refractivity contribution in [3.05, 3.63) is 91.4 Å². The van der Waals surface area contributed by atoms with Crippen molar-refractivity contribution >= 4 is 40.7 Å². The standard InChI is InChI=1S/C20H15ClN2O5S/c21-15-6-8-17(9-7-15)27-12-19-22-16(13-29-19)11-28-20(24)10-5-14-3-1-2-4-18(14)23(25)26/h1-10,13H,11-12H2/b10-5+. The number of ether oxygens (including phenoxy) is 2. The number of esters is 1. The van der Waals surface area contributed by atoms with Gasteiger partial charge in [-0.3, -0.25) is 10.1 Å². The van der Waals surface area contributed by atoms with Crippen molar-refractivity contribution < 1.29 is 19.2 Å². The van der Waals surface area contributed by atoms with Crippen molar-refractivity contribution in [2.24, 2.45) is 0 Å². The highest BCUT2D eigenvalue weighted by atomic mass is 35.5. The van der Waals surface area contributed by atoms with Crippen LogP contribution in [0.25, 0.3) is 6.08 Å². The lowest BCUT2D eigenvalue weighted by Gasteiger charge is -2.03. The summed E-state index contributed by atoms with van der Waals surface area (Å²) < 4.78 is 10.8. The smallest absolute Gasteiger partial charge is 0.331 e. The summed E-state index contributed by atoms with van der Waals surface area (Å²) in [5.74, 6) is 0.0628.